The first-order valence-corrected chi connectivity index (χ1v) is 6.20. The number of aliphatic hydroxyl groups excluding tert-OH is 3. The lowest BCUT2D eigenvalue weighted by Crippen LogP contribution is -2.54. The summed E-state index contributed by atoms with van der Waals surface area (Å²) in [6, 6.07) is 0.127. The van der Waals surface area contributed by atoms with E-state index in [0.29, 0.717) is 12.4 Å². The number of likely N-dealkylation sites (tertiary alicyclic amines) is 1. The van der Waals surface area contributed by atoms with E-state index in [1.54, 1.807) is 0 Å². The molecule has 0 unspecified atom stereocenters. The van der Waals surface area contributed by atoms with E-state index in [0.717, 1.165) is 25.9 Å². The van der Waals surface area contributed by atoms with Crippen LogP contribution in [0.3, 0.4) is 0 Å². The molecule has 17 heavy (non-hydrogen) atoms. The highest BCUT2D eigenvalue weighted by Gasteiger charge is 2.48. The fourth-order valence-corrected chi connectivity index (χ4v) is 2.80. The Labute approximate surface area is 99.5 Å². The van der Waals surface area contributed by atoms with Gasteiger partial charge in [0.05, 0.1) is 6.10 Å². The highest BCUT2D eigenvalue weighted by molar-refractivity contribution is 5.76. The molecule has 0 bridgehead atoms. The van der Waals surface area contributed by atoms with Crippen LogP contribution in [0.1, 0.15) is 19.3 Å². The zero-order chi connectivity index (χ0) is 12.0. The predicted molar refractivity (Wildman–Crippen MR) is 59.5 cm³/mol. The molecule has 0 radical (unpaired) electrons. The fraction of sp³-hybridized carbons (Fsp3) is 0.909. The monoisotopic (exact) mass is 242 g/mol. The molecule has 6 heteroatoms. The summed E-state index contributed by atoms with van der Waals surface area (Å²) in [6.07, 6.45) is -0.815. The second-order valence-corrected chi connectivity index (χ2v) is 5.04. The van der Waals surface area contributed by atoms with E-state index in [2.05, 4.69) is 9.89 Å². The molecule has 2 fully saturated rings. The Hall–Kier alpha value is -0.850. The Morgan fingerprint density at radius 1 is 1.12 bits per heavy atom. The maximum absolute atomic E-state index is 9.86. The molecule has 2 aliphatic heterocycles. The molecule has 0 spiro atoms. The van der Waals surface area contributed by atoms with Crippen molar-refractivity contribution in [3.63, 3.8) is 0 Å². The number of hydrogen-bond donors (Lipinski definition) is 3. The quantitative estimate of drug-likeness (QED) is 0.491. The molecule has 3 N–H and O–H groups in total. The van der Waals surface area contributed by atoms with E-state index in [4.69, 9.17) is 4.74 Å². The molecule has 1 saturated heterocycles. The summed E-state index contributed by atoms with van der Waals surface area (Å²) in [4.78, 5) is 6.42. The van der Waals surface area contributed by atoms with Gasteiger partial charge in [-0.2, -0.15) is 0 Å². The zero-order valence-corrected chi connectivity index (χ0v) is 9.57. The van der Waals surface area contributed by atoms with Crippen molar-refractivity contribution in [2.24, 2.45) is 4.99 Å². The number of rotatable bonds is 0. The molecule has 5 atom stereocenters. The Balaban J connectivity index is 1.75. The normalized spacial score (nSPS) is 45.5. The molecule has 0 aromatic rings. The molecular weight excluding hydrogens is 224 g/mol. The first kappa shape index (κ1) is 11.3. The van der Waals surface area contributed by atoms with Gasteiger partial charge >= 0.3 is 0 Å². The number of ether oxygens (including phenoxy) is 1. The number of fused-ring (bicyclic) bond motifs is 1. The summed E-state index contributed by atoms with van der Waals surface area (Å²) >= 11 is 0. The molecule has 0 amide bonds. The van der Waals surface area contributed by atoms with Crippen molar-refractivity contribution in [2.45, 2.75) is 49.7 Å². The minimum absolute atomic E-state index is 0.306. The lowest BCUT2D eigenvalue weighted by molar-refractivity contribution is -0.117. The van der Waals surface area contributed by atoms with E-state index in [-0.39, 0.29) is 6.10 Å². The largest absolute Gasteiger partial charge is 0.459 e. The molecule has 1 saturated carbocycles. The highest BCUT2D eigenvalue weighted by Crippen LogP contribution is 2.31. The van der Waals surface area contributed by atoms with E-state index in [1.807, 2.05) is 0 Å². The number of amidine groups is 1. The molecular formula is C11H18N2O4. The van der Waals surface area contributed by atoms with Crippen molar-refractivity contribution >= 4 is 6.02 Å². The van der Waals surface area contributed by atoms with Crippen molar-refractivity contribution in [1.29, 1.82) is 0 Å². The molecule has 96 valence electrons. The van der Waals surface area contributed by atoms with Crippen LogP contribution in [0, 0.1) is 0 Å². The maximum atomic E-state index is 9.86. The first-order chi connectivity index (χ1) is 8.16. The summed E-state index contributed by atoms with van der Waals surface area (Å²) < 4.78 is 5.68. The van der Waals surface area contributed by atoms with Gasteiger partial charge in [0.25, 0.3) is 6.02 Å². The van der Waals surface area contributed by atoms with E-state index < -0.39 is 24.4 Å². The lowest BCUT2D eigenvalue weighted by atomic mass is 9.86. The van der Waals surface area contributed by atoms with Gasteiger partial charge in [-0.25, -0.2) is 4.99 Å². The lowest BCUT2D eigenvalue weighted by Gasteiger charge is -2.34. The van der Waals surface area contributed by atoms with Crippen LogP contribution < -0.4 is 0 Å². The standard InChI is InChI=1S/C11H18N2O4/c14-6-5-7-8(10(16)9(6)15)12-11(17-7)13-3-1-2-4-13/h6-10,14-16H,1-5H2/t6-,7+,8+,9-,10-/m1/s1. The number of nitrogens with zero attached hydrogens (tertiary/aromatic N) is 2. The van der Waals surface area contributed by atoms with Crippen LogP contribution in [0.5, 0.6) is 0 Å². The van der Waals surface area contributed by atoms with Gasteiger partial charge in [-0.15, -0.1) is 0 Å². The van der Waals surface area contributed by atoms with Gasteiger partial charge < -0.3 is 25.0 Å². The number of aliphatic imine (C=N–C) groups is 1. The fourth-order valence-electron chi connectivity index (χ4n) is 2.80. The van der Waals surface area contributed by atoms with Crippen LogP contribution in [-0.2, 0) is 4.74 Å². The summed E-state index contributed by atoms with van der Waals surface area (Å²) in [6.45, 7) is 1.86. The van der Waals surface area contributed by atoms with E-state index >= 15 is 0 Å². The summed E-state index contributed by atoms with van der Waals surface area (Å²) in [5, 5.41) is 29.1. The third-order valence-corrected chi connectivity index (χ3v) is 3.84. The number of aliphatic hydroxyl groups is 3. The molecule has 0 aromatic heterocycles. The van der Waals surface area contributed by atoms with Crippen LogP contribution in [0.15, 0.2) is 4.99 Å². The molecule has 3 aliphatic rings. The van der Waals surface area contributed by atoms with Crippen LogP contribution in [-0.4, -0.2) is 69.8 Å². The summed E-state index contributed by atoms with van der Waals surface area (Å²) in [7, 11) is 0. The van der Waals surface area contributed by atoms with Crippen LogP contribution in [0.4, 0.5) is 0 Å². The SMILES string of the molecule is O[C@H]1[C@H](O)[C@H](O)C[C@@H]2OC(N3CCCC3)=N[C@H]12. The van der Waals surface area contributed by atoms with Crippen LogP contribution in [0.25, 0.3) is 0 Å². The second kappa shape index (κ2) is 4.12. The third-order valence-electron chi connectivity index (χ3n) is 3.84. The smallest absolute Gasteiger partial charge is 0.288 e. The average molecular weight is 242 g/mol. The maximum Gasteiger partial charge on any atom is 0.288 e. The Morgan fingerprint density at radius 2 is 1.82 bits per heavy atom. The van der Waals surface area contributed by atoms with Crippen LogP contribution >= 0.6 is 0 Å². The average Bonchev–Trinajstić information content (AvgIpc) is 2.93. The van der Waals surface area contributed by atoms with Gasteiger partial charge in [-0.05, 0) is 12.8 Å². The van der Waals surface area contributed by atoms with Crippen LogP contribution in [0.2, 0.25) is 0 Å². The van der Waals surface area contributed by atoms with Gasteiger partial charge in [0.15, 0.2) is 0 Å². The summed E-state index contributed by atoms with van der Waals surface area (Å²) in [5.41, 5.74) is 0. The zero-order valence-electron chi connectivity index (χ0n) is 9.57. The molecule has 3 rings (SSSR count). The topological polar surface area (TPSA) is 85.5 Å². The highest BCUT2D eigenvalue weighted by atomic mass is 16.5. The van der Waals surface area contributed by atoms with Crippen molar-refractivity contribution in [1.82, 2.24) is 4.90 Å². The Bertz CT molecular complexity index is 329. The Morgan fingerprint density at radius 3 is 2.53 bits per heavy atom. The van der Waals surface area contributed by atoms with Crippen molar-refractivity contribution in [3.8, 4) is 0 Å². The van der Waals surface area contributed by atoms with E-state index in [9.17, 15) is 15.3 Å². The van der Waals surface area contributed by atoms with Gasteiger partial charge in [0.2, 0.25) is 0 Å². The Kier molecular flexibility index (Phi) is 2.72. The van der Waals surface area contributed by atoms with E-state index in [1.165, 1.54) is 0 Å². The molecule has 6 nitrogen and oxygen atoms in total. The first-order valence-electron chi connectivity index (χ1n) is 6.20. The number of hydrogen-bond acceptors (Lipinski definition) is 6. The summed E-state index contributed by atoms with van der Waals surface area (Å²) in [5.74, 6) is 0. The molecule has 2 heterocycles. The molecule has 0 aromatic carbocycles. The second-order valence-electron chi connectivity index (χ2n) is 5.04. The van der Waals surface area contributed by atoms with Crippen molar-refractivity contribution < 1.29 is 20.1 Å². The minimum atomic E-state index is -1.12. The molecule has 1 aliphatic carbocycles. The van der Waals surface area contributed by atoms with Gasteiger partial charge in [0, 0.05) is 19.5 Å². The predicted octanol–water partition coefficient (Wildman–Crippen LogP) is -1.31. The third kappa shape index (κ3) is 1.80. The van der Waals surface area contributed by atoms with Gasteiger partial charge in [-0.3, -0.25) is 0 Å². The van der Waals surface area contributed by atoms with Gasteiger partial charge in [-0.1, -0.05) is 0 Å². The van der Waals surface area contributed by atoms with Gasteiger partial charge in [0.1, 0.15) is 24.4 Å². The van der Waals surface area contributed by atoms with Crippen molar-refractivity contribution in [3.05, 3.63) is 0 Å². The van der Waals surface area contributed by atoms with Crippen molar-refractivity contribution in [2.75, 3.05) is 13.1 Å². The minimum Gasteiger partial charge on any atom is -0.459 e.